The summed E-state index contributed by atoms with van der Waals surface area (Å²) in [6.45, 7) is 4.53. The second-order valence-corrected chi connectivity index (χ2v) is 5.96. The van der Waals surface area contributed by atoms with E-state index in [9.17, 15) is 8.42 Å². The van der Waals surface area contributed by atoms with Crippen LogP contribution in [0.15, 0.2) is 0 Å². The molecule has 0 N–H and O–H groups in total. The second kappa shape index (κ2) is 10.1. The van der Waals surface area contributed by atoms with Crippen LogP contribution in [-0.2, 0) is 14.3 Å². The zero-order chi connectivity index (χ0) is 12.3. The molecule has 0 radical (unpaired) electrons. The Bertz CT molecular complexity index is 235. The lowest BCUT2D eigenvalue weighted by Crippen LogP contribution is -2.11. The van der Waals surface area contributed by atoms with Gasteiger partial charge in [0.1, 0.15) is 0 Å². The fraction of sp³-hybridized carbons (Fsp3) is 1.00. The third-order valence-electron chi connectivity index (χ3n) is 2.51. The summed E-state index contributed by atoms with van der Waals surface area (Å²) in [6.07, 6.45) is 8.33. The van der Waals surface area contributed by atoms with Crippen LogP contribution in [0.2, 0.25) is 0 Å². The summed E-state index contributed by atoms with van der Waals surface area (Å²) in [5, 5.41) is 0. The van der Waals surface area contributed by atoms with Gasteiger partial charge < -0.3 is 0 Å². The lowest BCUT2D eigenvalue weighted by atomic mass is 10.1. The second-order valence-electron chi connectivity index (χ2n) is 4.21. The van der Waals surface area contributed by atoms with Crippen molar-refractivity contribution in [2.24, 2.45) is 0 Å². The van der Waals surface area contributed by atoms with E-state index in [-0.39, 0.29) is 5.75 Å². The van der Waals surface area contributed by atoms with E-state index in [0.29, 0.717) is 6.61 Å². The van der Waals surface area contributed by atoms with Crippen LogP contribution in [0.1, 0.15) is 65.2 Å². The highest BCUT2D eigenvalue weighted by Crippen LogP contribution is 2.07. The Morgan fingerprint density at radius 2 is 1.38 bits per heavy atom. The van der Waals surface area contributed by atoms with E-state index in [1.165, 1.54) is 19.3 Å². The Balaban J connectivity index is 3.43. The van der Waals surface area contributed by atoms with Crippen molar-refractivity contribution in [3.05, 3.63) is 0 Å². The molecule has 4 heteroatoms. The molecular weight excluding hydrogens is 224 g/mol. The van der Waals surface area contributed by atoms with Crippen molar-refractivity contribution in [1.29, 1.82) is 0 Å². The van der Waals surface area contributed by atoms with Crippen molar-refractivity contribution in [2.75, 3.05) is 12.4 Å². The molecule has 0 bridgehead atoms. The van der Waals surface area contributed by atoms with Gasteiger partial charge in [-0.15, -0.1) is 0 Å². The van der Waals surface area contributed by atoms with Crippen molar-refractivity contribution in [2.45, 2.75) is 65.2 Å². The predicted molar refractivity (Wildman–Crippen MR) is 68.0 cm³/mol. The van der Waals surface area contributed by atoms with Crippen LogP contribution in [0.25, 0.3) is 0 Å². The molecule has 16 heavy (non-hydrogen) atoms. The molecule has 0 aromatic heterocycles. The van der Waals surface area contributed by atoms with Crippen LogP contribution in [0.4, 0.5) is 0 Å². The number of unbranched alkanes of at least 4 members (excludes halogenated alkanes) is 6. The quantitative estimate of drug-likeness (QED) is 0.416. The first kappa shape index (κ1) is 15.9. The average molecular weight is 250 g/mol. The maximum absolute atomic E-state index is 11.4. The van der Waals surface area contributed by atoms with Gasteiger partial charge in [-0.25, -0.2) is 0 Å². The minimum absolute atomic E-state index is 0.183. The van der Waals surface area contributed by atoms with Gasteiger partial charge in [0, 0.05) is 0 Å². The summed E-state index contributed by atoms with van der Waals surface area (Å²) in [5.74, 6) is 0.183. The summed E-state index contributed by atoms with van der Waals surface area (Å²) in [4.78, 5) is 0. The van der Waals surface area contributed by atoms with E-state index < -0.39 is 10.1 Å². The first-order valence-electron chi connectivity index (χ1n) is 6.49. The topological polar surface area (TPSA) is 43.4 Å². The van der Waals surface area contributed by atoms with Gasteiger partial charge in [0.15, 0.2) is 0 Å². The Morgan fingerprint density at radius 1 is 0.812 bits per heavy atom. The van der Waals surface area contributed by atoms with Crippen molar-refractivity contribution in [1.82, 2.24) is 0 Å². The van der Waals surface area contributed by atoms with Crippen molar-refractivity contribution in [3.63, 3.8) is 0 Å². The molecule has 3 nitrogen and oxygen atoms in total. The summed E-state index contributed by atoms with van der Waals surface area (Å²) < 4.78 is 27.6. The fourth-order valence-corrected chi connectivity index (χ4v) is 2.50. The molecular formula is C12H26O3S. The zero-order valence-electron chi connectivity index (χ0n) is 10.7. The fourth-order valence-electron chi connectivity index (χ4n) is 1.45. The van der Waals surface area contributed by atoms with Gasteiger partial charge in [-0.1, -0.05) is 52.4 Å². The molecule has 0 heterocycles. The summed E-state index contributed by atoms with van der Waals surface area (Å²) in [5.41, 5.74) is 0. The molecule has 0 aliphatic heterocycles. The summed E-state index contributed by atoms with van der Waals surface area (Å²) >= 11 is 0. The molecule has 0 saturated carbocycles. The van der Waals surface area contributed by atoms with Gasteiger partial charge in [0.2, 0.25) is 0 Å². The van der Waals surface area contributed by atoms with Crippen molar-refractivity contribution in [3.8, 4) is 0 Å². The van der Waals surface area contributed by atoms with Crippen LogP contribution >= 0.6 is 0 Å². The van der Waals surface area contributed by atoms with E-state index in [2.05, 4.69) is 6.92 Å². The van der Waals surface area contributed by atoms with E-state index in [1.807, 2.05) is 6.92 Å². The van der Waals surface area contributed by atoms with Gasteiger partial charge in [0.25, 0.3) is 10.1 Å². The van der Waals surface area contributed by atoms with E-state index in [0.717, 1.165) is 32.1 Å². The van der Waals surface area contributed by atoms with Crippen LogP contribution < -0.4 is 0 Å². The van der Waals surface area contributed by atoms with E-state index >= 15 is 0 Å². The molecule has 98 valence electrons. The lowest BCUT2D eigenvalue weighted by Gasteiger charge is -2.04. The highest BCUT2D eigenvalue weighted by atomic mass is 32.2. The van der Waals surface area contributed by atoms with Crippen LogP contribution in [0, 0.1) is 0 Å². The van der Waals surface area contributed by atoms with Gasteiger partial charge in [-0.05, 0) is 12.8 Å². The summed E-state index contributed by atoms with van der Waals surface area (Å²) in [6, 6.07) is 0. The number of hydrogen-bond acceptors (Lipinski definition) is 3. The molecule has 0 spiro atoms. The molecule has 0 aromatic carbocycles. The molecule has 0 unspecified atom stereocenters. The standard InChI is InChI=1S/C12H26O3S/c1-3-5-7-8-9-10-12-16(13,14)15-11-6-4-2/h3-12H2,1-2H3. The van der Waals surface area contributed by atoms with Crippen LogP contribution in [-0.4, -0.2) is 20.8 Å². The van der Waals surface area contributed by atoms with Gasteiger partial charge in [-0.3, -0.25) is 4.18 Å². The maximum Gasteiger partial charge on any atom is 0.267 e. The Hall–Kier alpha value is -0.0900. The zero-order valence-corrected chi connectivity index (χ0v) is 11.5. The van der Waals surface area contributed by atoms with Crippen LogP contribution in [0.3, 0.4) is 0 Å². The first-order valence-corrected chi connectivity index (χ1v) is 8.07. The molecule has 0 aliphatic rings. The molecule has 0 aliphatic carbocycles. The van der Waals surface area contributed by atoms with Gasteiger partial charge in [-0.2, -0.15) is 8.42 Å². The third kappa shape index (κ3) is 10.4. The maximum atomic E-state index is 11.4. The van der Waals surface area contributed by atoms with Crippen LogP contribution in [0.5, 0.6) is 0 Å². The van der Waals surface area contributed by atoms with E-state index in [4.69, 9.17) is 4.18 Å². The Morgan fingerprint density at radius 3 is 2.00 bits per heavy atom. The lowest BCUT2D eigenvalue weighted by molar-refractivity contribution is 0.310. The smallest absolute Gasteiger partial charge is 0.267 e. The van der Waals surface area contributed by atoms with Crippen molar-refractivity contribution < 1.29 is 12.6 Å². The molecule has 0 saturated heterocycles. The molecule has 0 atom stereocenters. The van der Waals surface area contributed by atoms with Gasteiger partial charge >= 0.3 is 0 Å². The van der Waals surface area contributed by atoms with Crippen molar-refractivity contribution >= 4 is 10.1 Å². The molecule has 0 aromatic rings. The predicted octanol–water partition coefficient (Wildman–Crippen LogP) is 3.49. The molecule has 0 fully saturated rings. The normalized spacial score (nSPS) is 11.9. The number of hydrogen-bond donors (Lipinski definition) is 0. The Kier molecular flexibility index (Phi) is 10.0. The minimum Gasteiger partial charge on any atom is -0.270 e. The summed E-state index contributed by atoms with van der Waals surface area (Å²) in [7, 11) is -3.25. The average Bonchev–Trinajstić information content (AvgIpc) is 2.23. The highest BCUT2D eigenvalue weighted by Gasteiger charge is 2.09. The third-order valence-corrected chi connectivity index (χ3v) is 3.82. The van der Waals surface area contributed by atoms with Gasteiger partial charge in [0.05, 0.1) is 12.4 Å². The first-order chi connectivity index (χ1) is 7.62. The highest BCUT2D eigenvalue weighted by molar-refractivity contribution is 7.86. The molecule has 0 amide bonds. The Labute approximate surface area is 101 Å². The minimum atomic E-state index is -3.25. The largest absolute Gasteiger partial charge is 0.270 e. The monoisotopic (exact) mass is 250 g/mol. The number of rotatable bonds is 11. The molecule has 0 rings (SSSR count). The SMILES string of the molecule is CCCCCCCCS(=O)(=O)OCCCC. The van der Waals surface area contributed by atoms with E-state index in [1.54, 1.807) is 0 Å².